The molecule has 2 rings (SSSR count). The Morgan fingerprint density at radius 1 is 1.04 bits per heavy atom. The van der Waals surface area contributed by atoms with Crippen molar-refractivity contribution in [2.24, 2.45) is 0 Å². The largest absolute Gasteiger partial charge is 0.446 e. The van der Waals surface area contributed by atoms with E-state index in [-0.39, 0.29) is 53.7 Å². The van der Waals surface area contributed by atoms with Gasteiger partial charge in [0.2, 0.25) is 5.95 Å². The Morgan fingerprint density at radius 3 is 2.41 bits per heavy atom. The molecular formula is C15H14F6N4OS. The van der Waals surface area contributed by atoms with Gasteiger partial charge in [-0.25, -0.2) is 4.98 Å². The molecule has 2 aromatic rings. The predicted molar refractivity (Wildman–Crippen MR) is 88.9 cm³/mol. The average molecular weight is 412 g/mol. The zero-order valence-corrected chi connectivity index (χ0v) is 14.3. The van der Waals surface area contributed by atoms with Crippen LogP contribution in [0.25, 0.3) is 0 Å². The molecule has 1 aromatic heterocycles. The SMILES string of the molecule is OCCCNc1nc(Nc2cccc(SC(F)(F)F)c2)cc(C(F)(F)F)n1. The Morgan fingerprint density at radius 2 is 1.78 bits per heavy atom. The summed E-state index contributed by atoms with van der Waals surface area (Å²) in [5.74, 6) is -0.556. The van der Waals surface area contributed by atoms with Crippen LogP contribution in [0.2, 0.25) is 0 Å². The molecule has 0 aliphatic rings. The van der Waals surface area contributed by atoms with Crippen LogP contribution in [0.5, 0.6) is 0 Å². The number of benzene rings is 1. The summed E-state index contributed by atoms with van der Waals surface area (Å²) < 4.78 is 76.4. The zero-order valence-electron chi connectivity index (χ0n) is 13.5. The third-order valence-electron chi connectivity index (χ3n) is 2.97. The highest BCUT2D eigenvalue weighted by Gasteiger charge is 2.34. The topological polar surface area (TPSA) is 70.1 Å². The molecule has 0 spiro atoms. The average Bonchev–Trinajstić information content (AvgIpc) is 2.53. The van der Waals surface area contributed by atoms with Crippen LogP contribution in [0.4, 0.5) is 43.8 Å². The van der Waals surface area contributed by atoms with E-state index in [1.165, 1.54) is 18.2 Å². The lowest BCUT2D eigenvalue weighted by atomic mass is 10.3. The van der Waals surface area contributed by atoms with Gasteiger partial charge in [-0.3, -0.25) is 0 Å². The quantitative estimate of drug-likeness (QED) is 0.350. The Balaban J connectivity index is 2.26. The maximum Gasteiger partial charge on any atom is 0.446 e. The molecular weight excluding hydrogens is 398 g/mol. The van der Waals surface area contributed by atoms with Gasteiger partial charge in [-0.05, 0) is 36.4 Å². The van der Waals surface area contributed by atoms with Crippen LogP contribution in [-0.2, 0) is 6.18 Å². The summed E-state index contributed by atoms with van der Waals surface area (Å²) in [4.78, 5) is 7.11. The van der Waals surface area contributed by atoms with E-state index >= 15 is 0 Å². The standard InChI is InChI=1S/C15H14F6N4OS/c16-14(17,18)11-8-12(25-13(24-11)22-5-2-6-26)23-9-3-1-4-10(7-9)27-15(19,20)21/h1,3-4,7-8,26H,2,5-6H2,(H2,22,23,24,25). The van der Waals surface area contributed by atoms with Crippen LogP contribution in [0.1, 0.15) is 12.1 Å². The molecule has 27 heavy (non-hydrogen) atoms. The molecule has 1 heterocycles. The molecule has 0 atom stereocenters. The molecule has 0 amide bonds. The number of aliphatic hydroxyl groups excluding tert-OH is 1. The lowest BCUT2D eigenvalue weighted by Crippen LogP contribution is -2.14. The molecule has 0 unspecified atom stereocenters. The zero-order chi connectivity index (χ0) is 20.1. The number of hydrogen-bond donors (Lipinski definition) is 3. The van der Waals surface area contributed by atoms with Gasteiger partial charge in [0, 0.05) is 29.8 Å². The van der Waals surface area contributed by atoms with Crippen LogP contribution in [-0.4, -0.2) is 33.7 Å². The number of aliphatic hydroxyl groups is 1. The van der Waals surface area contributed by atoms with E-state index in [9.17, 15) is 26.3 Å². The number of hydrogen-bond acceptors (Lipinski definition) is 6. The van der Waals surface area contributed by atoms with Crippen LogP contribution in [0, 0.1) is 0 Å². The van der Waals surface area contributed by atoms with E-state index in [2.05, 4.69) is 20.6 Å². The minimum atomic E-state index is -4.74. The van der Waals surface area contributed by atoms with Gasteiger partial charge in [0.1, 0.15) is 5.82 Å². The lowest BCUT2D eigenvalue weighted by molar-refractivity contribution is -0.141. The van der Waals surface area contributed by atoms with Crippen molar-refractivity contribution in [1.29, 1.82) is 0 Å². The number of anilines is 3. The first-order valence-electron chi connectivity index (χ1n) is 7.51. The van der Waals surface area contributed by atoms with Crippen molar-refractivity contribution in [3.05, 3.63) is 36.0 Å². The Kier molecular flexibility index (Phi) is 6.76. The fraction of sp³-hybridized carbons (Fsp3) is 0.333. The molecule has 5 nitrogen and oxygen atoms in total. The van der Waals surface area contributed by atoms with E-state index in [0.29, 0.717) is 6.07 Å². The molecule has 0 saturated heterocycles. The van der Waals surface area contributed by atoms with Gasteiger partial charge in [-0.2, -0.15) is 31.3 Å². The predicted octanol–water partition coefficient (Wildman–Crippen LogP) is 4.65. The third-order valence-corrected chi connectivity index (χ3v) is 3.70. The van der Waals surface area contributed by atoms with Gasteiger partial charge in [-0.15, -0.1) is 0 Å². The second-order valence-electron chi connectivity index (χ2n) is 5.16. The number of thioether (sulfide) groups is 1. The highest BCUT2D eigenvalue weighted by molar-refractivity contribution is 8.00. The van der Waals surface area contributed by atoms with Crippen molar-refractivity contribution < 1.29 is 31.4 Å². The molecule has 148 valence electrons. The second kappa shape index (κ2) is 8.65. The van der Waals surface area contributed by atoms with E-state index in [0.717, 1.165) is 6.07 Å². The number of alkyl halides is 6. The Hall–Kier alpha value is -2.21. The first-order valence-corrected chi connectivity index (χ1v) is 8.32. The van der Waals surface area contributed by atoms with Gasteiger partial charge >= 0.3 is 11.7 Å². The van der Waals surface area contributed by atoms with Gasteiger partial charge in [0.25, 0.3) is 0 Å². The number of nitrogens with zero attached hydrogens (tertiary/aromatic N) is 2. The minimum Gasteiger partial charge on any atom is -0.396 e. The molecule has 0 aliphatic carbocycles. The molecule has 0 aliphatic heterocycles. The third kappa shape index (κ3) is 7.13. The first kappa shape index (κ1) is 21.1. The van der Waals surface area contributed by atoms with Gasteiger partial charge in [-0.1, -0.05) is 6.07 Å². The van der Waals surface area contributed by atoms with Crippen molar-refractivity contribution in [2.75, 3.05) is 23.8 Å². The van der Waals surface area contributed by atoms with E-state index < -0.39 is 17.4 Å². The lowest BCUT2D eigenvalue weighted by Gasteiger charge is -2.13. The Labute approximate surface area is 154 Å². The van der Waals surface area contributed by atoms with Crippen LogP contribution in [0.15, 0.2) is 35.2 Å². The smallest absolute Gasteiger partial charge is 0.396 e. The van der Waals surface area contributed by atoms with Crippen molar-refractivity contribution >= 4 is 29.2 Å². The number of rotatable bonds is 7. The van der Waals surface area contributed by atoms with Crippen LogP contribution >= 0.6 is 11.8 Å². The maximum atomic E-state index is 13.0. The Bertz CT molecular complexity index is 769. The molecule has 3 N–H and O–H groups in total. The molecule has 1 aromatic carbocycles. The highest BCUT2D eigenvalue weighted by atomic mass is 32.2. The molecule has 0 saturated carbocycles. The summed E-state index contributed by atoms with van der Waals surface area (Å²) in [6.45, 7) is -0.0182. The summed E-state index contributed by atoms with van der Waals surface area (Å²) in [5, 5.41) is 13.8. The molecule has 0 fully saturated rings. The summed E-state index contributed by atoms with van der Waals surface area (Å²) in [6, 6.07) is 5.76. The number of aromatic nitrogens is 2. The van der Waals surface area contributed by atoms with E-state index in [1.54, 1.807) is 0 Å². The summed E-state index contributed by atoms with van der Waals surface area (Å²) >= 11 is -0.339. The summed E-state index contributed by atoms with van der Waals surface area (Å²) in [5.41, 5.74) is -5.56. The monoisotopic (exact) mass is 412 g/mol. The maximum absolute atomic E-state index is 13.0. The number of halogens is 6. The van der Waals surface area contributed by atoms with Crippen molar-refractivity contribution in [2.45, 2.75) is 23.0 Å². The first-order chi connectivity index (χ1) is 12.6. The molecule has 12 heteroatoms. The number of nitrogens with one attached hydrogen (secondary N) is 2. The van der Waals surface area contributed by atoms with Gasteiger partial charge in [0.15, 0.2) is 5.69 Å². The van der Waals surface area contributed by atoms with Crippen molar-refractivity contribution in [1.82, 2.24) is 9.97 Å². The van der Waals surface area contributed by atoms with Crippen molar-refractivity contribution in [3.63, 3.8) is 0 Å². The fourth-order valence-corrected chi connectivity index (χ4v) is 2.53. The summed E-state index contributed by atoms with van der Waals surface area (Å²) in [7, 11) is 0. The highest BCUT2D eigenvalue weighted by Crippen LogP contribution is 2.38. The molecule has 0 radical (unpaired) electrons. The second-order valence-corrected chi connectivity index (χ2v) is 6.30. The van der Waals surface area contributed by atoms with E-state index in [1.807, 2.05) is 0 Å². The van der Waals surface area contributed by atoms with Crippen LogP contribution < -0.4 is 10.6 Å². The fourth-order valence-electron chi connectivity index (χ4n) is 1.93. The minimum absolute atomic E-state index is 0.126. The van der Waals surface area contributed by atoms with Gasteiger partial charge < -0.3 is 15.7 Å². The normalized spacial score (nSPS) is 12.1. The van der Waals surface area contributed by atoms with Gasteiger partial charge in [0.05, 0.1) is 0 Å². The molecule has 0 bridgehead atoms. The van der Waals surface area contributed by atoms with Crippen LogP contribution in [0.3, 0.4) is 0 Å². The van der Waals surface area contributed by atoms with Crippen molar-refractivity contribution in [3.8, 4) is 0 Å². The van der Waals surface area contributed by atoms with E-state index in [4.69, 9.17) is 5.11 Å². The summed E-state index contributed by atoms with van der Waals surface area (Å²) in [6.07, 6.45) is -4.46.